The second-order valence-electron chi connectivity index (χ2n) is 8.77. The summed E-state index contributed by atoms with van der Waals surface area (Å²) in [6.07, 6.45) is 3.52. The molecule has 3 aromatic rings. The van der Waals surface area contributed by atoms with Gasteiger partial charge in [-0.15, -0.1) is 0 Å². The third kappa shape index (κ3) is 4.16. The van der Waals surface area contributed by atoms with Crippen molar-refractivity contribution in [3.63, 3.8) is 0 Å². The Balaban J connectivity index is 1.14. The Bertz CT molecular complexity index is 1110. The van der Waals surface area contributed by atoms with Gasteiger partial charge in [0, 0.05) is 31.9 Å². The maximum atomic E-state index is 12.7. The molecule has 2 aliphatic rings. The van der Waals surface area contributed by atoms with E-state index < -0.39 is 5.97 Å². The van der Waals surface area contributed by atoms with Crippen molar-refractivity contribution in [3.8, 4) is 11.1 Å². The molecule has 1 amide bonds. The summed E-state index contributed by atoms with van der Waals surface area (Å²) in [7, 11) is 0. The van der Waals surface area contributed by atoms with E-state index in [0.717, 1.165) is 24.1 Å². The summed E-state index contributed by atoms with van der Waals surface area (Å²) in [6.45, 7) is 2.24. The summed E-state index contributed by atoms with van der Waals surface area (Å²) in [5.74, 6) is -0.179. The molecule has 1 aliphatic heterocycles. The van der Waals surface area contributed by atoms with Crippen LogP contribution in [0.25, 0.3) is 11.1 Å². The van der Waals surface area contributed by atoms with Gasteiger partial charge in [-0.1, -0.05) is 48.5 Å². The third-order valence-corrected chi connectivity index (χ3v) is 6.65. The molecule has 1 aliphatic carbocycles. The molecule has 0 spiro atoms. The van der Waals surface area contributed by atoms with E-state index in [1.54, 1.807) is 4.90 Å². The lowest BCUT2D eigenvalue weighted by atomic mass is 10.0. The monoisotopic (exact) mass is 430 g/mol. The highest BCUT2D eigenvalue weighted by molar-refractivity contribution is 5.86. The van der Waals surface area contributed by atoms with Crippen LogP contribution in [0.2, 0.25) is 0 Å². The van der Waals surface area contributed by atoms with Crippen LogP contribution in [-0.2, 0) is 6.54 Å². The molecule has 1 aromatic heterocycles. The molecule has 7 heteroatoms. The van der Waals surface area contributed by atoms with E-state index in [4.69, 9.17) is 5.11 Å². The van der Waals surface area contributed by atoms with Crippen molar-refractivity contribution in [2.24, 2.45) is 11.8 Å². The Kier molecular flexibility index (Phi) is 5.49. The quantitative estimate of drug-likeness (QED) is 0.644. The van der Waals surface area contributed by atoms with Crippen molar-refractivity contribution in [1.29, 1.82) is 0 Å². The molecule has 2 heterocycles. The van der Waals surface area contributed by atoms with Gasteiger partial charge in [0.15, 0.2) is 5.69 Å². The number of fused-ring (bicyclic) bond motifs is 1. The van der Waals surface area contributed by atoms with Crippen molar-refractivity contribution in [1.82, 2.24) is 20.0 Å². The number of carbonyl (C=O) groups is 2. The van der Waals surface area contributed by atoms with Gasteiger partial charge in [-0.3, -0.25) is 0 Å². The van der Waals surface area contributed by atoms with Crippen molar-refractivity contribution >= 4 is 12.0 Å². The topological polar surface area (TPSA) is 87.5 Å². The van der Waals surface area contributed by atoms with Gasteiger partial charge in [0.25, 0.3) is 0 Å². The molecule has 2 atom stereocenters. The van der Waals surface area contributed by atoms with Crippen LogP contribution in [0, 0.1) is 11.8 Å². The number of aromatic nitrogens is 2. The first-order valence-corrected chi connectivity index (χ1v) is 11.0. The summed E-state index contributed by atoms with van der Waals surface area (Å²) in [5.41, 5.74) is 3.61. The number of carboxylic acids is 1. The maximum absolute atomic E-state index is 12.7. The fourth-order valence-electron chi connectivity index (χ4n) is 5.07. The van der Waals surface area contributed by atoms with Gasteiger partial charge in [-0.05, 0) is 53.5 Å². The average molecular weight is 431 g/mol. The Morgan fingerprint density at radius 3 is 2.38 bits per heavy atom. The smallest absolute Gasteiger partial charge is 0.356 e. The van der Waals surface area contributed by atoms with Crippen LogP contribution in [0.15, 0.2) is 66.9 Å². The van der Waals surface area contributed by atoms with Gasteiger partial charge in [0.05, 0.1) is 0 Å². The number of nitrogens with one attached hydrogen (secondary N) is 1. The van der Waals surface area contributed by atoms with E-state index in [1.165, 1.54) is 29.0 Å². The summed E-state index contributed by atoms with van der Waals surface area (Å²) in [6, 6.07) is 20.6. The number of rotatable bonds is 5. The number of benzene rings is 2. The highest BCUT2D eigenvalue weighted by atomic mass is 16.4. The fraction of sp³-hybridized carbons (Fsp3) is 0.320. The van der Waals surface area contributed by atoms with Crippen LogP contribution in [-0.4, -0.2) is 50.9 Å². The molecule has 0 radical (unpaired) electrons. The number of carboxylic acid groups (broad SMARTS) is 1. The Hall–Kier alpha value is -3.45. The minimum absolute atomic E-state index is 0.113. The van der Waals surface area contributed by atoms with E-state index in [-0.39, 0.29) is 11.7 Å². The molecule has 2 N–H and O–H groups in total. The minimum Gasteiger partial charge on any atom is -0.476 e. The number of likely N-dealkylation sites (tertiary alicyclic amines) is 1. The number of amides is 1. The van der Waals surface area contributed by atoms with Crippen LogP contribution in [0.4, 0.5) is 4.79 Å². The molecule has 2 fully saturated rings. The first-order valence-electron chi connectivity index (χ1n) is 11.0. The molecule has 0 bridgehead atoms. The van der Waals surface area contributed by atoms with Crippen molar-refractivity contribution < 1.29 is 14.7 Å². The zero-order valence-corrected chi connectivity index (χ0v) is 17.7. The van der Waals surface area contributed by atoms with Gasteiger partial charge >= 0.3 is 12.0 Å². The van der Waals surface area contributed by atoms with Gasteiger partial charge in [0.1, 0.15) is 0 Å². The lowest BCUT2D eigenvalue weighted by Gasteiger charge is -2.19. The van der Waals surface area contributed by atoms with Gasteiger partial charge in [-0.25, -0.2) is 9.59 Å². The molecular formula is C25H26N4O3. The predicted molar refractivity (Wildman–Crippen MR) is 120 cm³/mol. The second-order valence-corrected chi connectivity index (χ2v) is 8.77. The first-order chi connectivity index (χ1) is 15.6. The molecule has 1 saturated carbocycles. The Morgan fingerprint density at radius 1 is 0.969 bits per heavy atom. The molecule has 32 heavy (non-hydrogen) atoms. The van der Waals surface area contributed by atoms with Crippen molar-refractivity contribution in [3.05, 3.63) is 78.1 Å². The Labute approximate surface area is 186 Å². The summed E-state index contributed by atoms with van der Waals surface area (Å²) in [4.78, 5) is 25.5. The SMILES string of the molecule is O=C(O)c1ccn(C(=O)N2CC3CC(NCc4cccc(-c5ccccc5)c4)CC3C2)n1. The number of hydrogen-bond donors (Lipinski definition) is 2. The van der Waals surface area contributed by atoms with E-state index in [1.807, 2.05) is 6.07 Å². The summed E-state index contributed by atoms with van der Waals surface area (Å²) < 4.78 is 1.14. The van der Waals surface area contributed by atoms with Crippen LogP contribution >= 0.6 is 0 Å². The van der Waals surface area contributed by atoms with E-state index in [0.29, 0.717) is 31.0 Å². The van der Waals surface area contributed by atoms with Crippen LogP contribution < -0.4 is 5.32 Å². The molecule has 164 valence electrons. The highest BCUT2D eigenvalue weighted by Gasteiger charge is 2.42. The minimum atomic E-state index is -1.13. The maximum Gasteiger partial charge on any atom is 0.356 e. The van der Waals surface area contributed by atoms with Gasteiger partial charge in [-0.2, -0.15) is 9.78 Å². The van der Waals surface area contributed by atoms with Gasteiger partial charge < -0.3 is 15.3 Å². The average Bonchev–Trinajstić information content (AvgIpc) is 3.53. The molecule has 7 nitrogen and oxygen atoms in total. The van der Waals surface area contributed by atoms with Crippen molar-refractivity contribution in [2.45, 2.75) is 25.4 Å². The molecular weight excluding hydrogens is 404 g/mol. The second kappa shape index (κ2) is 8.59. The molecule has 5 rings (SSSR count). The fourth-order valence-corrected chi connectivity index (χ4v) is 5.07. The number of carbonyl (C=O) groups excluding carboxylic acids is 1. The highest BCUT2D eigenvalue weighted by Crippen LogP contribution is 2.38. The van der Waals surface area contributed by atoms with Crippen LogP contribution in [0.1, 0.15) is 28.9 Å². The normalized spacial score (nSPS) is 22.1. The standard InChI is InChI=1S/C25H26N4O3/c30-24(31)23-9-10-29(27-23)25(32)28-15-20-12-22(13-21(20)16-28)26-14-17-5-4-8-19(11-17)18-6-2-1-3-7-18/h1-11,20-22,26H,12-16H2,(H,30,31). The van der Waals surface area contributed by atoms with Crippen LogP contribution in [0.5, 0.6) is 0 Å². The van der Waals surface area contributed by atoms with Gasteiger partial charge in [0.2, 0.25) is 0 Å². The third-order valence-electron chi connectivity index (χ3n) is 6.65. The summed E-state index contributed by atoms with van der Waals surface area (Å²) >= 11 is 0. The lowest BCUT2D eigenvalue weighted by Crippen LogP contribution is -2.35. The summed E-state index contributed by atoms with van der Waals surface area (Å²) in [5, 5.41) is 16.6. The molecule has 1 saturated heterocycles. The number of hydrogen-bond acceptors (Lipinski definition) is 4. The largest absolute Gasteiger partial charge is 0.476 e. The lowest BCUT2D eigenvalue weighted by molar-refractivity contribution is 0.0690. The zero-order valence-electron chi connectivity index (χ0n) is 17.7. The van der Waals surface area contributed by atoms with Crippen molar-refractivity contribution in [2.75, 3.05) is 13.1 Å². The zero-order chi connectivity index (χ0) is 22.1. The van der Waals surface area contributed by atoms with Crippen LogP contribution in [0.3, 0.4) is 0 Å². The number of aromatic carboxylic acids is 1. The molecule has 2 unspecified atom stereocenters. The van der Waals surface area contributed by atoms with E-state index >= 15 is 0 Å². The first kappa shape index (κ1) is 20.5. The predicted octanol–water partition coefficient (Wildman–Crippen LogP) is 3.72. The van der Waals surface area contributed by atoms with E-state index in [9.17, 15) is 9.59 Å². The Morgan fingerprint density at radius 2 is 1.69 bits per heavy atom. The van der Waals surface area contributed by atoms with E-state index in [2.05, 4.69) is 58.9 Å². The number of nitrogens with zero attached hydrogens (tertiary/aromatic N) is 3. The molecule has 2 aromatic carbocycles.